The molecule has 0 radical (unpaired) electrons. The maximum atomic E-state index is 13.4. The lowest BCUT2D eigenvalue weighted by Crippen LogP contribution is -2.27. The number of hydrogen-bond donors (Lipinski definition) is 3. The van der Waals surface area contributed by atoms with Crippen molar-refractivity contribution in [2.24, 2.45) is 5.73 Å². The molecule has 4 N–H and O–H groups in total. The number of anilines is 1. The standard InChI is InChI=1S/C22H28FN5O/c23-16-5-3-15(4-6-16)20-14-28(18-9-7-17(24)8-10-18)21-19(20)13-26-22(27-21)25-11-1-2-12-29/h3-6,13-14,17-18,29H,1-2,7-12,24H2,(H,25,26,27)/t17-,18-. The molecule has 0 atom stereocenters. The molecule has 1 saturated carbocycles. The minimum absolute atomic E-state index is 0.190. The number of nitrogens with one attached hydrogen (secondary N) is 1. The Morgan fingerprint density at radius 3 is 2.62 bits per heavy atom. The van der Waals surface area contributed by atoms with Crippen molar-refractivity contribution < 1.29 is 9.50 Å². The number of halogens is 1. The summed E-state index contributed by atoms with van der Waals surface area (Å²) in [5.41, 5.74) is 8.97. The van der Waals surface area contributed by atoms with Gasteiger partial charge in [0.2, 0.25) is 5.95 Å². The van der Waals surface area contributed by atoms with Crippen LogP contribution in [0.4, 0.5) is 10.3 Å². The molecule has 2 heterocycles. The molecular weight excluding hydrogens is 369 g/mol. The molecule has 1 aliphatic rings. The van der Waals surface area contributed by atoms with Gasteiger partial charge in [0, 0.05) is 48.6 Å². The number of aliphatic hydroxyl groups excluding tert-OH is 1. The third kappa shape index (κ3) is 4.41. The number of unbranched alkanes of at least 4 members (excludes halogenated alkanes) is 1. The summed E-state index contributed by atoms with van der Waals surface area (Å²) in [5, 5.41) is 13.2. The van der Waals surface area contributed by atoms with E-state index in [0.29, 0.717) is 12.0 Å². The van der Waals surface area contributed by atoms with Gasteiger partial charge in [-0.1, -0.05) is 12.1 Å². The van der Waals surface area contributed by atoms with Crippen LogP contribution in [0.25, 0.3) is 22.2 Å². The number of benzene rings is 1. The Balaban J connectivity index is 1.71. The van der Waals surface area contributed by atoms with Gasteiger partial charge in [0.25, 0.3) is 0 Å². The Hall–Kier alpha value is -2.51. The molecule has 29 heavy (non-hydrogen) atoms. The second-order valence-electron chi connectivity index (χ2n) is 7.81. The van der Waals surface area contributed by atoms with Crippen LogP contribution in [0.5, 0.6) is 0 Å². The Morgan fingerprint density at radius 1 is 1.14 bits per heavy atom. The van der Waals surface area contributed by atoms with Crippen molar-refractivity contribution in [3.8, 4) is 11.1 Å². The monoisotopic (exact) mass is 397 g/mol. The highest BCUT2D eigenvalue weighted by Gasteiger charge is 2.23. The largest absolute Gasteiger partial charge is 0.396 e. The molecule has 7 heteroatoms. The molecule has 1 aliphatic carbocycles. The Labute approximate surface area is 170 Å². The molecule has 2 aromatic heterocycles. The first-order chi connectivity index (χ1) is 14.2. The van der Waals surface area contributed by atoms with Gasteiger partial charge in [-0.15, -0.1) is 0 Å². The number of rotatable bonds is 7. The molecular formula is C22H28FN5O. The van der Waals surface area contributed by atoms with Crippen molar-refractivity contribution in [1.82, 2.24) is 14.5 Å². The van der Waals surface area contributed by atoms with Crippen LogP contribution in [0.3, 0.4) is 0 Å². The normalized spacial score (nSPS) is 19.6. The summed E-state index contributed by atoms with van der Waals surface area (Å²) >= 11 is 0. The summed E-state index contributed by atoms with van der Waals surface area (Å²) in [7, 11) is 0. The molecule has 0 bridgehead atoms. The molecule has 0 amide bonds. The smallest absolute Gasteiger partial charge is 0.224 e. The van der Waals surface area contributed by atoms with Crippen LogP contribution < -0.4 is 11.1 Å². The summed E-state index contributed by atoms with van der Waals surface area (Å²) in [4.78, 5) is 9.29. The van der Waals surface area contributed by atoms with Gasteiger partial charge in [-0.25, -0.2) is 9.37 Å². The second kappa shape index (κ2) is 8.88. The molecule has 4 rings (SSSR count). The molecule has 1 fully saturated rings. The number of aromatic nitrogens is 3. The zero-order valence-corrected chi connectivity index (χ0v) is 16.5. The predicted octanol–water partition coefficient (Wildman–Crippen LogP) is 3.86. The van der Waals surface area contributed by atoms with E-state index in [1.165, 1.54) is 12.1 Å². The van der Waals surface area contributed by atoms with E-state index in [-0.39, 0.29) is 18.5 Å². The van der Waals surface area contributed by atoms with Crippen molar-refractivity contribution in [3.05, 3.63) is 42.5 Å². The average molecular weight is 397 g/mol. The number of hydrogen-bond acceptors (Lipinski definition) is 5. The van der Waals surface area contributed by atoms with Gasteiger partial charge >= 0.3 is 0 Å². The van der Waals surface area contributed by atoms with Crippen LogP contribution in [0.2, 0.25) is 0 Å². The summed E-state index contributed by atoms with van der Waals surface area (Å²) < 4.78 is 15.7. The zero-order valence-electron chi connectivity index (χ0n) is 16.5. The molecule has 154 valence electrons. The van der Waals surface area contributed by atoms with Gasteiger partial charge in [-0.05, 0) is 56.2 Å². The van der Waals surface area contributed by atoms with E-state index in [4.69, 9.17) is 15.8 Å². The summed E-state index contributed by atoms with van der Waals surface area (Å²) in [6.07, 6.45) is 9.66. The lowest BCUT2D eigenvalue weighted by atomic mass is 9.92. The first-order valence-electron chi connectivity index (χ1n) is 10.4. The second-order valence-corrected chi connectivity index (χ2v) is 7.81. The molecule has 0 unspecified atom stereocenters. The fourth-order valence-corrected chi connectivity index (χ4v) is 4.07. The minimum Gasteiger partial charge on any atom is -0.396 e. The van der Waals surface area contributed by atoms with E-state index < -0.39 is 0 Å². The van der Waals surface area contributed by atoms with Crippen molar-refractivity contribution in [2.45, 2.75) is 50.6 Å². The Kier molecular flexibility index (Phi) is 6.06. The highest BCUT2D eigenvalue weighted by molar-refractivity contribution is 5.94. The number of aliphatic hydroxyl groups is 1. The molecule has 3 aromatic rings. The predicted molar refractivity (Wildman–Crippen MR) is 113 cm³/mol. The maximum absolute atomic E-state index is 13.4. The third-order valence-corrected chi connectivity index (χ3v) is 5.73. The van der Waals surface area contributed by atoms with Crippen molar-refractivity contribution in [3.63, 3.8) is 0 Å². The van der Waals surface area contributed by atoms with E-state index in [1.807, 2.05) is 6.20 Å². The average Bonchev–Trinajstić information content (AvgIpc) is 3.11. The minimum atomic E-state index is -0.246. The summed E-state index contributed by atoms with van der Waals surface area (Å²) in [5.74, 6) is 0.345. The van der Waals surface area contributed by atoms with E-state index >= 15 is 0 Å². The Morgan fingerprint density at radius 2 is 1.90 bits per heavy atom. The van der Waals surface area contributed by atoms with E-state index in [2.05, 4.69) is 21.1 Å². The molecule has 0 aliphatic heterocycles. The first-order valence-corrected chi connectivity index (χ1v) is 10.4. The van der Waals surface area contributed by atoms with Crippen LogP contribution in [0, 0.1) is 5.82 Å². The fraction of sp³-hybridized carbons (Fsp3) is 0.455. The van der Waals surface area contributed by atoms with Crippen LogP contribution in [0.15, 0.2) is 36.7 Å². The molecule has 6 nitrogen and oxygen atoms in total. The van der Waals surface area contributed by atoms with Crippen LogP contribution in [-0.4, -0.2) is 38.8 Å². The fourth-order valence-electron chi connectivity index (χ4n) is 4.07. The molecule has 0 spiro atoms. The van der Waals surface area contributed by atoms with Gasteiger partial charge in [0.15, 0.2) is 0 Å². The van der Waals surface area contributed by atoms with E-state index in [1.54, 1.807) is 12.1 Å². The summed E-state index contributed by atoms with van der Waals surface area (Å²) in [6.45, 7) is 0.908. The van der Waals surface area contributed by atoms with Crippen LogP contribution in [-0.2, 0) is 0 Å². The number of fused-ring (bicyclic) bond motifs is 1. The van der Waals surface area contributed by atoms with E-state index in [9.17, 15) is 4.39 Å². The van der Waals surface area contributed by atoms with Gasteiger partial charge < -0.3 is 20.7 Å². The van der Waals surface area contributed by atoms with Crippen molar-refractivity contribution >= 4 is 17.0 Å². The number of nitrogens with zero attached hydrogens (tertiary/aromatic N) is 3. The third-order valence-electron chi connectivity index (χ3n) is 5.73. The topological polar surface area (TPSA) is 89.0 Å². The Bertz CT molecular complexity index is 948. The van der Waals surface area contributed by atoms with Crippen molar-refractivity contribution in [2.75, 3.05) is 18.5 Å². The van der Waals surface area contributed by atoms with Crippen LogP contribution in [0.1, 0.15) is 44.6 Å². The lowest BCUT2D eigenvalue weighted by Gasteiger charge is -2.27. The highest BCUT2D eigenvalue weighted by atomic mass is 19.1. The maximum Gasteiger partial charge on any atom is 0.224 e. The van der Waals surface area contributed by atoms with Gasteiger partial charge in [-0.2, -0.15) is 4.98 Å². The van der Waals surface area contributed by atoms with Gasteiger partial charge in [-0.3, -0.25) is 0 Å². The quantitative estimate of drug-likeness (QED) is 0.527. The number of nitrogens with two attached hydrogens (primary N) is 1. The zero-order chi connectivity index (χ0) is 20.2. The SMILES string of the molecule is N[C@H]1CC[C@H](n2cc(-c3ccc(F)cc3)c3cnc(NCCCCO)nc32)CC1. The first kappa shape index (κ1) is 19.8. The highest BCUT2D eigenvalue weighted by Crippen LogP contribution is 2.36. The van der Waals surface area contributed by atoms with Crippen LogP contribution >= 0.6 is 0 Å². The van der Waals surface area contributed by atoms with Gasteiger partial charge in [0.1, 0.15) is 11.5 Å². The lowest BCUT2D eigenvalue weighted by molar-refractivity contribution is 0.286. The van der Waals surface area contributed by atoms with Gasteiger partial charge in [0.05, 0.1) is 0 Å². The molecule has 1 aromatic carbocycles. The van der Waals surface area contributed by atoms with Crippen molar-refractivity contribution in [1.29, 1.82) is 0 Å². The summed E-state index contributed by atoms with van der Waals surface area (Å²) in [6, 6.07) is 7.19. The van der Waals surface area contributed by atoms with E-state index in [0.717, 1.165) is 67.2 Å². The molecule has 0 saturated heterocycles.